The average molecular weight is 520 g/mol. The molecule has 6 rings (SSSR count). The maximum atomic E-state index is 13.3. The van der Waals surface area contributed by atoms with Gasteiger partial charge in [-0.05, 0) is 46.2 Å². The topological polar surface area (TPSA) is 130 Å². The van der Waals surface area contributed by atoms with Gasteiger partial charge in [-0.1, -0.05) is 30.3 Å². The Morgan fingerprint density at radius 2 is 1.84 bits per heavy atom. The highest BCUT2D eigenvalue weighted by atomic mass is 32.2. The zero-order chi connectivity index (χ0) is 25.6. The number of benzene rings is 2. The number of carbonyl (C=O) groups excluding carboxylic acids is 2. The van der Waals surface area contributed by atoms with Crippen LogP contribution in [-0.2, 0) is 19.1 Å². The van der Waals surface area contributed by atoms with Gasteiger partial charge in [-0.3, -0.25) is 15.0 Å². The molecule has 4 aliphatic rings. The van der Waals surface area contributed by atoms with Crippen molar-refractivity contribution < 1.29 is 19.1 Å². The van der Waals surface area contributed by atoms with Crippen LogP contribution in [0.15, 0.2) is 53.4 Å². The number of hydrogen-bond donors (Lipinski definition) is 4. The number of likely N-dealkylation sites (tertiary alicyclic amines) is 1. The fraction of sp³-hybridized carbons (Fsp3) is 0.370. The molecule has 2 fully saturated rings. The Morgan fingerprint density at radius 3 is 2.57 bits per heavy atom. The number of nitrogens with one attached hydrogen (secondary N) is 3. The van der Waals surface area contributed by atoms with E-state index in [9.17, 15) is 9.59 Å². The van der Waals surface area contributed by atoms with Gasteiger partial charge >= 0.3 is 0 Å². The summed E-state index contributed by atoms with van der Waals surface area (Å²) in [7, 11) is 0. The molecule has 3 heterocycles. The van der Waals surface area contributed by atoms with Gasteiger partial charge in [0, 0.05) is 29.5 Å². The third-order valence-electron chi connectivity index (χ3n) is 7.40. The van der Waals surface area contributed by atoms with Crippen LogP contribution >= 0.6 is 11.8 Å². The van der Waals surface area contributed by atoms with Crippen LogP contribution in [-0.4, -0.2) is 72.5 Å². The first-order chi connectivity index (χ1) is 17.9. The largest absolute Gasteiger partial charge is 0.384 e. The molecule has 3 aliphatic heterocycles. The van der Waals surface area contributed by atoms with Crippen LogP contribution in [0.3, 0.4) is 0 Å². The number of thioether (sulfide) groups is 1. The molecule has 0 aromatic heterocycles. The van der Waals surface area contributed by atoms with Crippen molar-refractivity contribution in [2.45, 2.75) is 29.9 Å². The number of hydrogen-bond acceptors (Lipinski definition) is 7. The molecule has 10 heteroatoms. The molecule has 2 aromatic carbocycles. The fourth-order valence-corrected chi connectivity index (χ4v) is 6.50. The highest BCUT2D eigenvalue weighted by Crippen LogP contribution is 2.47. The van der Waals surface area contributed by atoms with E-state index in [1.54, 1.807) is 16.7 Å². The molecule has 0 radical (unpaired) electrons. The van der Waals surface area contributed by atoms with Crippen molar-refractivity contribution in [2.24, 2.45) is 5.73 Å². The van der Waals surface area contributed by atoms with Crippen molar-refractivity contribution in [1.29, 1.82) is 5.41 Å². The van der Waals surface area contributed by atoms with E-state index in [0.29, 0.717) is 32.6 Å². The van der Waals surface area contributed by atoms with Crippen molar-refractivity contribution in [3.05, 3.63) is 53.4 Å². The molecule has 192 valence electrons. The molecule has 0 saturated carbocycles. The second-order valence-corrected chi connectivity index (χ2v) is 10.9. The first-order valence-electron chi connectivity index (χ1n) is 12.4. The molecule has 5 N–H and O–H groups in total. The van der Waals surface area contributed by atoms with Crippen LogP contribution in [0.25, 0.3) is 22.3 Å². The summed E-state index contributed by atoms with van der Waals surface area (Å²) in [6.45, 7) is 1.60. The quantitative estimate of drug-likeness (QED) is 0.279. The Hall–Kier alpha value is -3.34. The molecule has 2 amide bonds. The molecule has 2 aromatic rings. The number of nitrogens with two attached hydrogens (primary N) is 1. The van der Waals surface area contributed by atoms with Crippen molar-refractivity contribution in [3.63, 3.8) is 0 Å². The minimum Gasteiger partial charge on any atom is -0.384 e. The van der Waals surface area contributed by atoms with Gasteiger partial charge in [0.05, 0.1) is 26.3 Å². The van der Waals surface area contributed by atoms with Gasteiger partial charge < -0.3 is 30.7 Å². The minimum atomic E-state index is -0.928. The van der Waals surface area contributed by atoms with E-state index in [-0.39, 0.29) is 36.0 Å². The fourth-order valence-electron chi connectivity index (χ4n) is 5.47. The summed E-state index contributed by atoms with van der Waals surface area (Å²) in [5, 5.41) is 15.8. The smallest absolute Gasteiger partial charge is 0.243 e. The zero-order valence-corrected chi connectivity index (χ0v) is 21.1. The number of amides is 2. The Labute approximate surface area is 219 Å². The number of fused-ring (bicyclic) bond motifs is 4. The molecule has 0 bridgehead atoms. The summed E-state index contributed by atoms with van der Waals surface area (Å²) >= 11 is 1.56. The van der Waals surface area contributed by atoms with E-state index >= 15 is 0 Å². The van der Waals surface area contributed by atoms with Gasteiger partial charge in [-0.15, -0.1) is 11.8 Å². The molecule has 2 saturated heterocycles. The third kappa shape index (κ3) is 4.49. The second kappa shape index (κ2) is 9.51. The first kappa shape index (κ1) is 24.0. The lowest BCUT2D eigenvalue weighted by Gasteiger charge is -2.26. The number of amidine groups is 1. The van der Waals surface area contributed by atoms with E-state index in [1.165, 1.54) is 22.3 Å². The van der Waals surface area contributed by atoms with E-state index in [1.807, 2.05) is 23.6 Å². The van der Waals surface area contributed by atoms with E-state index in [4.69, 9.17) is 20.6 Å². The van der Waals surface area contributed by atoms with Crippen LogP contribution in [0.2, 0.25) is 0 Å². The Kier molecular flexibility index (Phi) is 6.18. The summed E-state index contributed by atoms with van der Waals surface area (Å²) in [4.78, 5) is 28.1. The van der Waals surface area contributed by atoms with Crippen LogP contribution in [0.4, 0.5) is 5.69 Å². The van der Waals surface area contributed by atoms with Gasteiger partial charge in [0.15, 0.2) is 5.79 Å². The van der Waals surface area contributed by atoms with E-state index in [2.05, 4.69) is 34.9 Å². The van der Waals surface area contributed by atoms with Gasteiger partial charge in [-0.2, -0.15) is 0 Å². The highest BCUT2D eigenvalue weighted by molar-refractivity contribution is 8.03. The van der Waals surface area contributed by atoms with E-state index in [0.717, 1.165) is 11.3 Å². The Morgan fingerprint density at radius 1 is 1.11 bits per heavy atom. The molecule has 1 aliphatic carbocycles. The lowest BCUT2D eigenvalue weighted by atomic mass is 9.80. The predicted octanol–water partition coefficient (Wildman–Crippen LogP) is 2.53. The summed E-state index contributed by atoms with van der Waals surface area (Å²) < 4.78 is 11.7. The van der Waals surface area contributed by atoms with Crippen LogP contribution < -0.4 is 16.4 Å². The van der Waals surface area contributed by atoms with Crippen LogP contribution in [0.5, 0.6) is 0 Å². The average Bonchev–Trinajstić information content (AvgIpc) is 3.65. The molecule has 9 nitrogen and oxygen atoms in total. The molecule has 2 unspecified atom stereocenters. The maximum absolute atomic E-state index is 13.3. The minimum absolute atomic E-state index is 0.0602. The standard InChI is InChI=1S/C27H29N5O4S/c28-25(29)16-9-18(37-14-16)12-31-26(34)23-11-27(35-7-8-36-27)15-32(23)24(33)13-30-17-5-6-21-19-3-1-2-4-20(19)22(21)10-17/h1-6,10,14,18,23,30H,7-9,11-13,15H2,(H3,28,29)(H,31,34). The molecular weight excluding hydrogens is 490 g/mol. The normalized spacial score (nSPS) is 22.7. The lowest BCUT2D eigenvalue weighted by molar-refractivity contribution is -0.151. The lowest BCUT2D eigenvalue weighted by Crippen LogP contribution is -2.48. The predicted molar refractivity (Wildman–Crippen MR) is 143 cm³/mol. The highest BCUT2D eigenvalue weighted by Gasteiger charge is 2.52. The van der Waals surface area contributed by atoms with E-state index < -0.39 is 11.8 Å². The van der Waals surface area contributed by atoms with Crippen molar-refractivity contribution >= 4 is 35.1 Å². The van der Waals surface area contributed by atoms with Crippen molar-refractivity contribution in [1.82, 2.24) is 10.2 Å². The first-order valence-corrected chi connectivity index (χ1v) is 13.4. The molecular formula is C27H29N5O4S. The number of ether oxygens (including phenoxy) is 2. The molecule has 2 atom stereocenters. The molecule has 37 heavy (non-hydrogen) atoms. The number of anilines is 1. The Balaban J connectivity index is 1.09. The van der Waals surface area contributed by atoms with Crippen molar-refractivity contribution in [2.75, 3.05) is 38.2 Å². The number of nitrogens with zero attached hydrogens (tertiary/aromatic N) is 1. The number of rotatable bonds is 7. The maximum Gasteiger partial charge on any atom is 0.243 e. The van der Waals surface area contributed by atoms with Gasteiger partial charge in [0.2, 0.25) is 11.8 Å². The second-order valence-electron chi connectivity index (χ2n) is 9.77. The van der Waals surface area contributed by atoms with Crippen LogP contribution in [0.1, 0.15) is 12.8 Å². The SMILES string of the molecule is N=C(N)C1=CSC(CNC(=O)C2CC3(CN2C(=O)CNc2ccc4c(c2)-c2ccccc2-4)OCCO3)C1. The third-order valence-corrected chi connectivity index (χ3v) is 8.54. The summed E-state index contributed by atoms with van der Waals surface area (Å²) in [5.41, 5.74) is 12.1. The summed E-state index contributed by atoms with van der Waals surface area (Å²) in [5.74, 6) is -1.27. The van der Waals surface area contributed by atoms with Gasteiger partial charge in [0.1, 0.15) is 11.9 Å². The monoisotopic (exact) mass is 519 g/mol. The summed E-state index contributed by atoms with van der Waals surface area (Å²) in [6.07, 6.45) is 0.938. The number of carbonyl (C=O) groups is 2. The Bertz CT molecular complexity index is 1310. The van der Waals surface area contributed by atoms with Crippen LogP contribution in [0, 0.1) is 5.41 Å². The van der Waals surface area contributed by atoms with Crippen molar-refractivity contribution in [3.8, 4) is 22.3 Å². The van der Waals surface area contributed by atoms with Gasteiger partial charge in [-0.25, -0.2) is 0 Å². The van der Waals surface area contributed by atoms with Gasteiger partial charge in [0.25, 0.3) is 0 Å². The molecule has 1 spiro atoms. The summed E-state index contributed by atoms with van der Waals surface area (Å²) in [6, 6.07) is 13.7. The zero-order valence-electron chi connectivity index (χ0n) is 20.3.